The maximum Gasteiger partial charge on any atom is 0.410 e. The van der Waals surface area contributed by atoms with E-state index in [-0.39, 0.29) is 23.0 Å². The highest BCUT2D eigenvalue weighted by molar-refractivity contribution is 7.23. The molecule has 2 aromatic heterocycles. The van der Waals surface area contributed by atoms with Crippen molar-refractivity contribution in [1.29, 1.82) is 0 Å². The Bertz CT molecular complexity index is 1440. The van der Waals surface area contributed by atoms with Gasteiger partial charge in [-0.3, -0.25) is 0 Å². The van der Waals surface area contributed by atoms with Crippen molar-refractivity contribution in [3.63, 3.8) is 0 Å². The van der Waals surface area contributed by atoms with Crippen LogP contribution in [0.3, 0.4) is 0 Å². The SMILES string of the molecule is CC(C)(C)OC(=O)N1CCCC1c1ccc(-c2nc3sc4cc(C(=O)O)ccc4n3n2)c(F)c1. The Morgan fingerprint density at radius 2 is 2.00 bits per heavy atom. The maximum absolute atomic E-state index is 15.2. The Kier molecular flexibility index (Phi) is 5.27. The first-order valence-corrected chi connectivity index (χ1v) is 11.7. The van der Waals surface area contributed by atoms with Gasteiger partial charge < -0.3 is 14.7 Å². The molecule has 2 aromatic carbocycles. The molecule has 8 nitrogen and oxygen atoms in total. The van der Waals surface area contributed by atoms with Crippen LogP contribution >= 0.6 is 11.3 Å². The second kappa shape index (κ2) is 8.05. The second-order valence-electron chi connectivity index (χ2n) is 9.29. The molecule has 1 aliphatic rings. The van der Waals surface area contributed by atoms with Crippen molar-refractivity contribution in [3.05, 3.63) is 53.3 Å². The molecule has 5 rings (SSSR count). The number of carboxylic acids is 1. The lowest BCUT2D eigenvalue weighted by molar-refractivity contribution is 0.0224. The van der Waals surface area contributed by atoms with Crippen LogP contribution in [0.2, 0.25) is 0 Å². The topological polar surface area (TPSA) is 97.0 Å². The normalized spacial score (nSPS) is 16.5. The quantitative estimate of drug-likeness (QED) is 0.413. The highest BCUT2D eigenvalue weighted by atomic mass is 32.1. The number of fused-ring (bicyclic) bond motifs is 3. The summed E-state index contributed by atoms with van der Waals surface area (Å²) in [6.45, 7) is 6.03. The molecule has 0 bridgehead atoms. The highest BCUT2D eigenvalue weighted by Gasteiger charge is 2.33. The number of carbonyl (C=O) groups is 2. The standard InChI is InChI=1S/C24H23FN4O4S/c1-24(2,3)33-23(32)28-10-4-5-17(28)13-6-8-15(16(25)11-13)20-26-22-29(27-20)18-9-7-14(21(30)31)12-19(18)34-22/h6-9,11-12,17H,4-5,10H2,1-3H3,(H,30,31). The molecular formula is C24H23FN4O4S. The van der Waals surface area contributed by atoms with Crippen LogP contribution < -0.4 is 0 Å². The van der Waals surface area contributed by atoms with Crippen LogP contribution in [0, 0.1) is 5.82 Å². The van der Waals surface area contributed by atoms with Crippen molar-refractivity contribution in [2.75, 3.05) is 6.54 Å². The van der Waals surface area contributed by atoms with Gasteiger partial charge in [-0.25, -0.2) is 18.5 Å². The average Bonchev–Trinajstić information content (AvgIpc) is 3.46. The van der Waals surface area contributed by atoms with Crippen LogP contribution in [-0.2, 0) is 4.74 Å². The summed E-state index contributed by atoms with van der Waals surface area (Å²) in [5, 5.41) is 13.6. The first-order chi connectivity index (χ1) is 16.1. The summed E-state index contributed by atoms with van der Waals surface area (Å²) in [4.78, 5) is 30.5. The summed E-state index contributed by atoms with van der Waals surface area (Å²) in [7, 11) is 0. The molecule has 1 unspecified atom stereocenters. The number of hydrogen-bond donors (Lipinski definition) is 1. The number of ether oxygens (including phenoxy) is 1. The van der Waals surface area contributed by atoms with E-state index in [9.17, 15) is 14.7 Å². The number of hydrogen-bond acceptors (Lipinski definition) is 6. The number of rotatable bonds is 3. The monoisotopic (exact) mass is 482 g/mol. The molecule has 34 heavy (non-hydrogen) atoms. The van der Waals surface area contributed by atoms with E-state index in [2.05, 4.69) is 10.1 Å². The van der Waals surface area contributed by atoms with Gasteiger partial charge in [-0.15, -0.1) is 5.10 Å². The molecule has 4 aromatic rings. The number of amides is 1. The zero-order valence-electron chi connectivity index (χ0n) is 18.9. The van der Waals surface area contributed by atoms with Gasteiger partial charge in [0.15, 0.2) is 5.82 Å². The third-order valence-electron chi connectivity index (χ3n) is 5.71. The number of aromatic nitrogens is 3. The van der Waals surface area contributed by atoms with E-state index >= 15 is 4.39 Å². The van der Waals surface area contributed by atoms with Crippen molar-refractivity contribution >= 4 is 38.6 Å². The Morgan fingerprint density at radius 3 is 2.71 bits per heavy atom. The Labute approximate surface area is 198 Å². The van der Waals surface area contributed by atoms with Crippen molar-refractivity contribution in [1.82, 2.24) is 19.5 Å². The zero-order chi connectivity index (χ0) is 24.2. The number of halogens is 1. The number of benzene rings is 2. The van der Waals surface area contributed by atoms with Gasteiger partial charge >= 0.3 is 12.1 Å². The number of aromatic carboxylic acids is 1. The molecule has 0 saturated carbocycles. The molecule has 1 amide bonds. The number of thiazole rings is 1. The Morgan fingerprint density at radius 1 is 1.21 bits per heavy atom. The summed E-state index contributed by atoms with van der Waals surface area (Å²) in [5.74, 6) is -1.23. The molecule has 1 N–H and O–H groups in total. The van der Waals surface area contributed by atoms with Gasteiger partial charge in [0.1, 0.15) is 11.4 Å². The number of nitrogens with zero attached hydrogens (tertiary/aromatic N) is 4. The van der Waals surface area contributed by atoms with Crippen molar-refractivity contribution in [2.45, 2.75) is 45.3 Å². The summed E-state index contributed by atoms with van der Waals surface area (Å²) in [6.07, 6.45) is 1.16. The Balaban J connectivity index is 1.44. The molecule has 0 aliphatic carbocycles. The third-order valence-corrected chi connectivity index (χ3v) is 6.71. The van der Waals surface area contributed by atoms with Crippen LogP contribution in [0.15, 0.2) is 36.4 Å². The largest absolute Gasteiger partial charge is 0.478 e. The van der Waals surface area contributed by atoms with E-state index in [1.807, 2.05) is 20.8 Å². The van der Waals surface area contributed by atoms with Crippen LogP contribution in [0.5, 0.6) is 0 Å². The van der Waals surface area contributed by atoms with Crippen LogP contribution in [0.4, 0.5) is 9.18 Å². The van der Waals surface area contributed by atoms with Crippen LogP contribution in [0.1, 0.15) is 55.6 Å². The molecule has 3 heterocycles. The van der Waals surface area contributed by atoms with E-state index in [0.29, 0.717) is 22.6 Å². The number of carboxylic acid groups (broad SMARTS) is 1. The number of likely N-dealkylation sites (tertiary alicyclic amines) is 1. The third kappa shape index (κ3) is 3.98. The fourth-order valence-electron chi connectivity index (χ4n) is 4.21. The lowest BCUT2D eigenvalue weighted by Gasteiger charge is -2.29. The maximum atomic E-state index is 15.2. The predicted molar refractivity (Wildman–Crippen MR) is 126 cm³/mol. The van der Waals surface area contributed by atoms with Crippen molar-refractivity contribution in [3.8, 4) is 11.4 Å². The van der Waals surface area contributed by atoms with Crippen LogP contribution in [-0.4, -0.2) is 48.8 Å². The molecule has 0 radical (unpaired) electrons. The van der Waals surface area contributed by atoms with Crippen molar-refractivity contribution < 1.29 is 23.8 Å². The van der Waals surface area contributed by atoms with Gasteiger partial charge in [-0.05, 0) is 69.5 Å². The smallest absolute Gasteiger partial charge is 0.410 e. The molecule has 1 aliphatic heterocycles. The van der Waals surface area contributed by atoms with Crippen LogP contribution in [0.25, 0.3) is 26.6 Å². The Hall–Kier alpha value is -3.53. The minimum absolute atomic E-state index is 0.186. The molecule has 10 heteroatoms. The van der Waals surface area contributed by atoms with Gasteiger partial charge in [-0.1, -0.05) is 17.4 Å². The van der Waals surface area contributed by atoms with Gasteiger partial charge in [0.25, 0.3) is 0 Å². The van der Waals surface area contributed by atoms with E-state index < -0.39 is 23.5 Å². The minimum atomic E-state index is -1.00. The fourth-order valence-corrected chi connectivity index (χ4v) is 5.21. The number of carbonyl (C=O) groups excluding carboxylic acids is 1. The summed E-state index contributed by atoms with van der Waals surface area (Å²) < 4.78 is 23.0. The van der Waals surface area contributed by atoms with E-state index in [1.54, 1.807) is 33.7 Å². The molecule has 0 spiro atoms. The summed E-state index contributed by atoms with van der Waals surface area (Å²) in [6, 6.07) is 9.39. The molecular weight excluding hydrogens is 459 g/mol. The molecule has 176 valence electrons. The second-order valence-corrected chi connectivity index (χ2v) is 10.3. The highest BCUT2D eigenvalue weighted by Crippen LogP contribution is 2.35. The first kappa shape index (κ1) is 22.3. The summed E-state index contributed by atoms with van der Waals surface area (Å²) >= 11 is 1.29. The van der Waals surface area contributed by atoms with Gasteiger partial charge in [0.2, 0.25) is 4.96 Å². The lowest BCUT2D eigenvalue weighted by Crippen LogP contribution is -2.36. The lowest BCUT2D eigenvalue weighted by atomic mass is 10.0. The van der Waals surface area contributed by atoms with E-state index in [4.69, 9.17) is 4.74 Å². The molecule has 1 atom stereocenters. The minimum Gasteiger partial charge on any atom is -0.478 e. The van der Waals surface area contributed by atoms with E-state index in [0.717, 1.165) is 17.5 Å². The van der Waals surface area contributed by atoms with Crippen molar-refractivity contribution in [2.24, 2.45) is 0 Å². The van der Waals surface area contributed by atoms with Gasteiger partial charge in [0, 0.05) is 6.54 Å². The predicted octanol–water partition coefficient (Wildman–Crippen LogP) is 5.52. The molecule has 1 fully saturated rings. The van der Waals surface area contributed by atoms with E-state index in [1.165, 1.54) is 23.5 Å². The van der Waals surface area contributed by atoms with Gasteiger partial charge in [-0.2, -0.15) is 4.98 Å². The van der Waals surface area contributed by atoms with Gasteiger partial charge in [0.05, 0.1) is 27.4 Å². The fraction of sp³-hybridized carbons (Fsp3) is 0.333. The summed E-state index contributed by atoms with van der Waals surface area (Å²) in [5.41, 5.74) is 1.26. The first-order valence-electron chi connectivity index (χ1n) is 10.9. The molecule has 1 saturated heterocycles. The zero-order valence-corrected chi connectivity index (χ0v) is 19.7. The average molecular weight is 483 g/mol.